The molecule has 0 radical (unpaired) electrons. The van der Waals surface area contributed by atoms with E-state index >= 15 is 0 Å². The van der Waals surface area contributed by atoms with Crippen molar-refractivity contribution in [3.8, 4) is 0 Å². The molecule has 0 unspecified atom stereocenters. The third-order valence-electron chi connectivity index (χ3n) is 1.71. The summed E-state index contributed by atoms with van der Waals surface area (Å²) in [4.78, 5) is 4.38. The molecule has 1 aromatic rings. The quantitative estimate of drug-likeness (QED) is 0.836. The second-order valence-electron chi connectivity index (χ2n) is 2.61. The molecule has 1 rings (SSSR count). The molecule has 68 valence electrons. The smallest absolute Gasteiger partial charge is 0.139 e. The van der Waals surface area contributed by atoms with Crippen LogP contribution in [0.1, 0.15) is 26.1 Å². The minimum atomic E-state index is 0.910. The Labute approximate surface area is 89.6 Å². The van der Waals surface area contributed by atoms with E-state index in [1.54, 1.807) is 0 Å². The molecule has 0 aliphatic rings. The van der Waals surface area contributed by atoms with Gasteiger partial charge in [0.25, 0.3) is 0 Å². The normalized spacial score (nSPS) is 10.7. The first-order chi connectivity index (χ1) is 5.70. The van der Waals surface area contributed by atoms with Gasteiger partial charge < -0.3 is 4.57 Å². The van der Waals surface area contributed by atoms with Crippen LogP contribution in [-0.2, 0) is 13.0 Å². The molecular formula is C8H12Br2N2. The van der Waals surface area contributed by atoms with Gasteiger partial charge in [0.15, 0.2) is 0 Å². The predicted octanol–water partition coefficient (Wildman–Crippen LogP) is 3.38. The molecule has 12 heavy (non-hydrogen) atoms. The van der Waals surface area contributed by atoms with Gasteiger partial charge in [0.05, 0.1) is 0 Å². The highest BCUT2D eigenvalue weighted by atomic mass is 79.9. The van der Waals surface area contributed by atoms with Crippen molar-refractivity contribution in [3.05, 3.63) is 15.0 Å². The highest BCUT2D eigenvalue weighted by Gasteiger charge is 2.10. The number of nitrogens with zero attached hydrogens (tertiary/aromatic N) is 2. The van der Waals surface area contributed by atoms with Crippen molar-refractivity contribution in [1.29, 1.82) is 0 Å². The van der Waals surface area contributed by atoms with Crippen LogP contribution in [0.3, 0.4) is 0 Å². The van der Waals surface area contributed by atoms with Crippen molar-refractivity contribution in [1.82, 2.24) is 9.55 Å². The Morgan fingerprint density at radius 2 is 2.00 bits per heavy atom. The Kier molecular flexibility index (Phi) is 3.77. The van der Waals surface area contributed by atoms with E-state index in [1.807, 2.05) is 0 Å². The first-order valence-electron chi connectivity index (χ1n) is 4.11. The molecule has 2 nitrogen and oxygen atoms in total. The van der Waals surface area contributed by atoms with Crippen molar-refractivity contribution in [2.75, 3.05) is 0 Å². The zero-order valence-electron chi connectivity index (χ0n) is 7.27. The maximum atomic E-state index is 4.38. The van der Waals surface area contributed by atoms with Gasteiger partial charge in [-0.3, -0.25) is 0 Å². The number of hydrogen-bond donors (Lipinski definition) is 0. The molecule has 0 aliphatic heterocycles. The lowest BCUT2D eigenvalue weighted by Crippen LogP contribution is -2.02. The number of imidazole rings is 1. The SMILES string of the molecule is CCCn1c(CC)nc(Br)c1Br. The van der Waals surface area contributed by atoms with Gasteiger partial charge in [0.1, 0.15) is 15.0 Å². The monoisotopic (exact) mass is 294 g/mol. The van der Waals surface area contributed by atoms with Crippen LogP contribution in [-0.4, -0.2) is 9.55 Å². The third kappa shape index (κ3) is 1.91. The topological polar surface area (TPSA) is 17.8 Å². The number of aromatic nitrogens is 2. The highest BCUT2D eigenvalue weighted by molar-refractivity contribution is 9.13. The molecule has 1 heterocycles. The summed E-state index contributed by atoms with van der Waals surface area (Å²) in [5.74, 6) is 1.13. The van der Waals surface area contributed by atoms with E-state index < -0.39 is 0 Å². The Morgan fingerprint density at radius 3 is 2.50 bits per heavy atom. The third-order valence-corrected chi connectivity index (χ3v) is 3.60. The summed E-state index contributed by atoms with van der Waals surface area (Å²) >= 11 is 6.90. The molecule has 0 bridgehead atoms. The molecule has 0 saturated heterocycles. The molecule has 4 heteroatoms. The highest BCUT2D eigenvalue weighted by Crippen LogP contribution is 2.24. The van der Waals surface area contributed by atoms with Crippen LogP contribution < -0.4 is 0 Å². The first-order valence-corrected chi connectivity index (χ1v) is 5.69. The van der Waals surface area contributed by atoms with E-state index in [9.17, 15) is 0 Å². The first kappa shape index (κ1) is 10.3. The maximum Gasteiger partial charge on any atom is 0.139 e. The number of aryl methyl sites for hydroxylation is 1. The van der Waals surface area contributed by atoms with Gasteiger partial charge in [-0.2, -0.15) is 0 Å². The summed E-state index contributed by atoms with van der Waals surface area (Å²) < 4.78 is 4.17. The van der Waals surface area contributed by atoms with Crippen LogP contribution in [0.25, 0.3) is 0 Å². The van der Waals surface area contributed by atoms with Crippen LogP contribution in [0.15, 0.2) is 9.21 Å². The largest absolute Gasteiger partial charge is 0.322 e. The van der Waals surface area contributed by atoms with Crippen molar-refractivity contribution in [2.45, 2.75) is 33.2 Å². The minimum Gasteiger partial charge on any atom is -0.322 e. The molecule has 0 atom stereocenters. The average Bonchev–Trinajstić information content (AvgIpc) is 2.33. The van der Waals surface area contributed by atoms with Crippen LogP contribution in [0.4, 0.5) is 0 Å². The Morgan fingerprint density at radius 1 is 1.33 bits per heavy atom. The van der Waals surface area contributed by atoms with Crippen LogP contribution >= 0.6 is 31.9 Å². The molecular weight excluding hydrogens is 284 g/mol. The summed E-state index contributed by atoms with van der Waals surface area (Å²) in [5.41, 5.74) is 0. The van der Waals surface area contributed by atoms with Gasteiger partial charge in [0.2, 0.25) is 0 Å². The molecule has 0 N–H and O–H groups in total. The van der Waals surface area contributed by atoms with Crippen LogP contribution in [0, 0.1) is 0 Å². The fraction of sp³-hybridized carbons (Fsp3) is 0.625. The summed E-state index contributed by atoms with van der Waals surface area (Å²) in [5, 5.41) is 0. The van der Waals surface area contributed by atoms with E-state index in [2.05, 4.69) is 55.3 Å². The van der Waals surface area contributed by atoms with Crippen LogP contribution in [0.5, 0.6) is 0 Å². The van der Waals surface area contributed by atoms with Gasteiger partial charge in [-0.25, -0.2) is 4.98 Å². The summed E-state index contributed by atoms with van der Waals surface area (Å²) in [6.45, 7) is 5.31. The lowest BCUT2D eigenvalue weighted by molar-refractivity contribution is 0.632. The van der Waals surface area contributed by atoms with Gasteiger partial charge >= 0.3 is 0 Å². The summed E-state index contributed by atoms with van der Waals surface area (Å²) in [7, 11) is 0. The van der Waals surface area contributed by atoms with Gasteiger partial charge in [-0.1, -0.05) is 13.8 Å². The zero-order valence-corrected chi connectivity index (χ0v) is 10.4. The lowest BCUT2D eigenvalue weighted by atomic mass is 10.4. The van der Waals surface area contributed by atoms with Crippen molar-refractivity contribution >= 4 is 31.9 Å². The van der Waals surface area contributed by atoms with Crippen molar-refractivity contribution in [3.63, 3.8) is 0 Å². The molecule has 0 fully saturated rings. The lowest BCUT2D eigenvalue weighted by Gasteiger charge is -2.04. The van der Waals surface area contributed by atoms with E-state index in [1.165, 1.54) is 0 Å². The Hall–Kier alpha value is 0.170. The fourth-order valence-corrected chi connectivity index (χ4v) is 2.05. The second kappa shape index (κ2) is 4.42. The van der Waals surface area contributed by atoms with Gasteiger partial charge in [-0.05, 0) is 38.3 Å². The summed E-state index contributed by atoms with van der Waals surface area (Å²) in [6.07, 6.45) is 2.11. The van der Waals surface area contributed by atoms with Gasteiger partial charge in [0, 0.05) is 13.0 Å². The van der Waals surface area contributed by atoms with E-state index in [-0.39, 0.29) is 0 Å². The molecule has 1 aromatic heterocycles. The number of halogens is 2. The Balaban J connectivity index is 3.03. The molecule has 0 aliphatic carbocycles. The number of rotatable bonds is 3. The molecule has 0 saturated carbocycles. The van der Waals surface area contributed by atoms with Crippen molar-refractivity contribution in [2.24, 2.45) is 0 Å². The molecule has 0 amide bonds. The Bertz CT molecular complexity index is 268. The van der Waals surface area contributed by atoms with Crippen LogP contribution in [0.2, 0.25) is 0 Å². The maximum absolute atomic E-state index is 4.38. The second-order valence-corrected chi connectivity index (χ2v) is 4.12. The van der Waals surface area contributed by atoms with Crippen molar-refractivity contribution < 1.29 is 0 Å². The molecule has 0 spiro atoms. The zero-order chi connectivity index (χ0) is 9.14. The van der Waals surface area contributed by atoms with E-state index in [0.717, 1.165) is 34.4 Å². The number of hydrogen-bond acceptors (Lipinski definition) is 1. The summed E-state index contributed by atoms with van der Waals surface area (Å²) in [6, 6.07) is 0. The molecule has 0 aromatic carbocycles. The fourth-order valence-electron chi connectivity index (χ4n) is 1.17. The van der Waals surface area contributed by atoms with Gasteiger partial charge in [-0.15, -0.1) is 0 Å². The average molecular weight is 296 g/mol. The van der Waals surface area contributed by atoms with E-state index in [4.69, 9.17) is 0 Å². The van der Waals surface area contributed by atoms with E-state index in [0.29, 0.717) is 0 Å². The predicted molar refractivity (Wildman–Crippen MR) is 57.3 cm³/mol. The minimum absolute atomic E-state index is 0.910. The standard InChI is InChI=1S/C8H12Br2N2/c1-3-5-12-6(4-2)11-7(9)8(12)10/h3-5H2,1-2H3.